The van der Waals surface area contributed by atoms with Gasteiger partial charge in [0.25, 0.3) is 5.56 Å². The van der Waals surface area contributed by atoms with E-state index in [1.807, 2.05) is 11.4 Å². The number of halogens is 1. The molecule has 6 heteroatoms. The average molecular weight is 292 g/mol. The second-order valence-corrected chi connectivity index (χ2v) is 5.47. The lowest BCUT2D eigenvalue weighted by molar-refractivity contribution is 0.618. The van der Waals surface area contributed by atoms with Crippen molar-refractivity contribution in [3.8, 4) is 5.69 Å². The minimum absolute atomic E-state index is 0.181. The van der Waals surface area contributed by atoms with Crippen LogP contribution < -0.4 is 5.56 Å². The molecule has 0 aliphatic heterocycles. The Balaban J connectivity index is 2.38. The largest absolute Gasteiger partial charge is 0.331 e. The van der Waals surface area contributed by atoms with Crippen LogP contribution in [0.1, 0.15) is 5.56 Å². The highest BCUT2D eigenvalue weighted by atomic mass is 32.1. The van der Waals surface area contributed by atoms with E-state index in [-0.39, 0.29) is 11.4 Å². The maximum absolute atomic E-state index is 13.3. The third-order valence-corrected chi connectivity index (χ3v) is 4.09. The first-order valence-electron chi connectivity index (χ1n) is 5.57. The normalized spacial score (nSPS) is 11.1. The van der Waals surface area contributed by atoms with Crippen LogP contribution in [-0.2, 0) is 0 Å². The lowest BCUT2D eigenvalue weighted by Crippen LogP contribution is -2.19. The first-order chi connectivity index (χ1) is 9.08. The number of benzene rings is 1. The van der Waals surface area contributed by atoms with Crippen LogP contribution in [-0.4, -0.2) is 9.55 Å². The van der Waals surface area contributed by atoms with E-state index in [2.05, 4.69) is 4.98 Å². The fourth-order valence-electron chi connectivity index (χ4n) is 1.94. The summed E-state index contributed by atoms with van der Waals surface area (Å²) in [5.41, 5.74) is 1.60. The van der Waals surface area contributed by atoms with Gasteiger partial charge in [-0.25, -0.2) is 4.39 Å². The van der Waals surface area contributed by atoms with E-state index in [9.17, 15) is 9.18 Å². The van der Waals surface area contributed by atoms with E-state index >= 15 is 0 Å². The van der Waals surface area contributed by atoms with Crippen LogP contribution in [0.25, 0.3) is 15.9 Å². The zero-order chi connectivity index (χ0) is 13.6. The molecular weight excluding hydrogens is 283 g/mol. The van der Waals surface area contributed by atoms with Gasteiger partial charge in [-0.1, -0.05) is 0 Å². The number of hydrogen-bond donors (Lipinski definition) is 1. The Bertz CT molecular complexity index is 892. The van der Waals surface area contributed by atoms with Crippen LogP contribution in [0, 0.1) is 17.5 Å². The second kappa shape index (κ2) is 4.40. The molecule has 0 fully saturated rings. The summed E-state index contributed by atoms with van der Waals surface area (Å²) in [6.45, 7) is 1.65. The third kappa shape index (κ3) is 1.93. The maximum atomic E-state index is 13.3. The van der Waals surface area contributed by atoms with E-state index < -0.39 is 0 Å². The summed E-state index contributed by atoms with van der Waals surface area (Å²) in [7, 11) is 0. The van der Waals surface area contributed by atoms with Gasteiger partial charge in [-0.2, -0.15) is 0 Å². The predicted octanol–water partition coefficient (Wildman–Crippen LogP) is 3.56. The van der Waals surface area contributed by atoms with Gasteiger partial charge in [-0.05, 0) is 54.4 Å². The SMILES string of the molecule is Cc1cc(-n2c(=S)[nH]c3ccsc3c2=O)ccc1F. The quantitative estimate of drug-likeness (QED) is 0.696. The van der Waals surface area contributed by atoms with E-state index in [4.69, 9.17) is 12.2 Å². The molecule has 1 N–H and O–H groups in total. The Labute approximate surface area is 117 Å². The third-order valence-electron chi connectivity index (χ3n) is 2.91. The van der Waals surface area contributed by atoms with E-state index in [0.717, 1.165) is 5.52 Å². The Kier molecular flexibility index (Phi) is 2.83. The van der Waals surface area contributed by atoms with Gasteiger partial charge in [0.1, 0.15) is 10.5 Å². The lowest BCUT2D eigenvalue weighted by atomic mass is 10.2. The van der Waals surface area contributed by atoms with Crippen LogP contribution in [0.2, 0.25) is 0 Å². The molecule has 0 saturated carbocycles. The van der Waals surface area contributed by atoms with Crippen LogP contribution >= 0.6 is 23.6 Å². The van der Waals surface area contributed by atoms with Gasteiger partial charge >= 0.3 is 0 Å². The Hall–Kier alpha value is -1.79. The molecule has 0 unspecified atom stereocenters. The van der Waals surface area contributed by atoms with Gasteiger partial charge < -0.3 is 4.98 Å². The molecule has 3 aromatic rings. The monoisotopic (exact) mass is 292 g/mol. The van der Waals surface area contributed by atoms with Crippen LogP contribution in [0.3, 0.4) is 0 Å². The van der Waals surface area contributed by atoms with E-state index in [1.165, 1.54) is 22.0 Å². The highest BCUT2D eigenvalue weighted by Gasteiger charge is 2.09. The molecule has 0 atom stereocenters. The minimum Gasteiger partial charge on any atom is -0.331 e. The summed E-state index contributed by atoms with van der Waals surface area (Å²) >= 11 is 6.56. The number of H-pyrrole nitrogens is 1. The van der Waals surface area contributed by atoms with Crippen LogP contribution in [0.15, 0.2) is 34.4 Å². The van der Waals surface area contributed by atoms with Crippen molar-refractivity contribution in [2.45, 2.75) is 6.92 Å². The molecule has 0 amide bonds. The molecule has 0 radical (unpaired) electrons. The minimum atomic E-state index is -0.302. The first kappa shape index (κ1) is 12.3. The lowest BCUT2D eigenvalue weighted by Gasteiger charge is -2.07. The highest BCUT2D eigenvalue weighted by molar-refractivity contribution is 7.71. The van der Waals surface area contributed by atoms with Crippen LogP contribution in [0.5, 0.6) is 0 Å². The fourth-order valence-corrected chi connectivity index (χ4v) is 3.02. The molecule has 3 rings (SSSR count). The zero-order valence-corrected chi connectivity index (χ0v) is 11.6. The molecule has 3 nitrogen and oxygen atoms in total. The van der Waals surface area contributed by atoms with Crippen molar-refractivity contribution >= 4 is 33.8 Å². The van der Waals surface area contributed by atoms with Gasteiger partial charge in [-0.3, -0.25) is 9.36 Å². The van der Waals surface area contributed by atoms with Crippen molar-refractivity contribution in [1.82, 2.24) is 9.55 Å². The van der Waals surface area contributed by atoms with E-state index in [1.54, 1.807) is 19.1 Å². The van der Waals surface area contributed by atoms with Crippen molar-refractivity contribution in [2.24, 2.45) is 0 Å². The zero-order valence-electron chi connectivity index (χ0n) is 9.94. The Morgan fingerprint density at radius 1 is 1.37 bits per heavy atom. The second-order valence-electron chi connectivity index (χ2n) is 4.17. The number of aryl methyl sites for hydroxylation is 1. The Morgan fingerprint density at radius 3 is 2.89 bits per heavy atom. The number of rotatable bonds is 1. The highest BCUT2D eigenvalue weighted by Crippen LogP contribution is 2.17. The van der Waals surface area contributed by atoms with Crippen molar-refractivity contribution < 1.29 is 4.39 Å². The number of aromatic amines is 1. The standard InChI is InChI=1S/C13H9FN2OS2/c1-7-6-8(2-3-9(7)14)16-12(17)11-10(4-5-19-11)15-13(16)18/h2-6H,1H3,(H,15,18). The van der Waals surface area contributed by atoms with E-state index in [0.29, 0.717) is 20.7 Å². The van der Waals surface area contributed by atoms with Crippen molar-refractivity contribution in [3.05, 3.63) is 56.2 Å². The van der Waals surface area contributed by atoms with Gasteiger partial charge in [0, 0.05) is 0 Å². The molecule has 96 valence electrons. The van der Waals surface area contributed by atoms with Crippen molar-refractivity contribution in [1.29, 1.82) is 0 Å². The number of nitrogens with one attached hydrogen (secondary N) is 1. The van der Waals surface area contributed by atoms with Gasteiger partial charge in [0.15, 0.2) is 4.77 Å². The van der Waals surface area contributed by atoms with Crippen molar-refractivity contribution in [2.75, 3.05) is 0 Å². The van der Waals surface area contributed by atoms with Gasteiger partial charge in [0.05, 0.1) is 11.2 Å². The molecule has 0 aliphatic carbocycles. The number of fused-ring (bicyclic) bond motifs is 1. The summed E-state index contributed by atoms with van der Waals surface area (Å²) in [5, 5.41) is 1.83. The van der Waals surface area contributed by atoms with Gasteiger partial charge in [0.2, 0.25) is 0 Å². The number of hydrogen-bond acceptors (Lipinski definition) is 3. The molecular formula is C13H9FN2OS2. The Morgan fingerprint density at radius 2 is 2.16 bits per heavy atom. The number of aromatic nitrogens is 2. The summed E-state index contributed by atoms with van der Waals surface area (Å²) in [6, 6.07) is 6.31. The van der Waals surface area contributed by atoms with Crippen LogP contribution in [0.4, 0.5) is 4.39 Å². The van der Waals surface area contributed by atoms with Crippen molar-refractivity contribution in [3.63, 3.8) is 0 Å². The molecule has 0 aliphatic rings. The topological polar surface area (TPSA) is 37.8 Å². The molecule has 0 spiro atoms. The molecule has 0 bridgehead atoms. The molecule has 19 heavy (non-hydrogen) atoms. The molecule has 1 aromatic carbocycles. The molecule has 2 aromatic heterocycles. The maximum Gasteiger partial charge on any atom is 0.276 e. The summed E-state index contributed by atoms with van der Waals surface area (Å²) in [5.74, 6) is -0.302. The summed E-state index contributed by atoms with van der Waals surface area (Å²) in [6.07, 6.45) is 0. The summed E-state index contributed by atoms with van der Waals surface area (Å²) in [4.78, 5) is 15.4. The summed E-state index contributed by atoms with van der Waals surface area (Å²) < 4.78 is 15.6. The number of thiophene rings is 1. The fraction of sp³-hybridized carbons (Fsp3) is 0.0769. The average Bonchev–Trinajstić information content (AvgIpc) is 2.82. The smallest absolute Gasteiger partial charge is 0.276 e. The molecule has 0 saturated heterocycles. The van der Waals surface area contributed by atoms with Gasteiger partial charge in [-0.15, -0.1) is 11.3 Å². The first-order valence-corrected chi connectivity index (χ1v) is 6.86. The number of nitrogens with zero attached hydrogens (tertiary/aromatic N) is 1. The predicted molar refractivity (Wildman–Crippen MR) is 77.3 cm³/mol. The molecule has 2 heterocycles.